The molecule has 134 valence electrons. The highest BCUT2D eigenvalue weighted by Crippen LogP contribution is 2.30. The average molecular weight is 352 g/mol. The maximum absolute atomic E-state index is 8.97. The largest absolute Gasteiger partial charge is 0.493 e. The molecule has 0 saturated heterocycles. The van der Waals surface area contributed by atoms with Crippen LogP contribution >= 0.6 is 0 Å². The summed E-state index contributed by atoms with van der Waals surface area (Å²) in [5, 5.41) is 8.97. The van der Waals surface area contributed by atoms with E-state index in [1.165, 1.54) is 0 Å². The van der Waals surface area contributed by atoms with Crippen LogP contribution in [0.4, 0.5) is 0 Å². The molecule has 26 heavy (non-hydrogen) atoms. The highest BCUT2D eigenvalue weighted by atomic mass is 16.5. The zero-order chi connectivity index (χ0) is 18.9. The lowest BCUT2D eigenvalue weighted by Crippen LogP contribution is -1.94. The van der Waals surface area contributed by atoms with E-state index in [2.05, 4.69) is 23.7 Å². The summed E-state index contributed by atoms with van der Waals surface area (Å²) < 4.78 is 21.1. The summed E-state index contributed by atoms with van der Waals surface area (Å²) in [6.45, 7) is -0.239. The van der Waals surface area contributed by atoms with Crippen molar-refractivity contribution in [3.63, 3.8) is 0 Å². The highest BCUT2D eigenvalue weighted by Gasteiger charge is 2.09. The van der Waals surface area contributed by atoms with E-state index in [-0.39, 0.29) is 6.61 Å². The zero-order valence-electron chi connectivity index (χ0n) is 15.2. The van der Waals surface area contributed by atoms with Crippen molar-refractivity contribution >= 4 is 0 Å². The molecule has 2 aromatic rings. The smallest absolute Gasteiger partial charge is 0.162 e. The van der Waals surface area contributed by atoms with Gasteiger partial charge in [0.25, 0.3) is 0 Å². The lowest BCUT2D eigenvalue weighted by Gasteiger charge is -2.09. The predicted octanol–water partition coefficient (Wildman–Crippen LogP) is 2.46. The molecule has 0 amide bonds. The Morgan fingerprint density at radius 2 is 1.23 bits per heavy atom. The van der Waals surface area contributed by atoms with Gasteiger partial charge in [-0.1, -0.05) is 23.7 Å². The fourth-order valence-corrected chi connectivity index (χ4v) is 2.27. The topological polar surface area (TPSA) is 57.2 Å². The van der Waals surface area contributed by atoms with Gasteiger partial charge < -0.3 is 24.1 Å². The fourth-order valence-electron chi connectivity index (χ4n) is 2.27. The standard InChI is InChI=1S/C21H20O5/c1-23-18-10-8-15(12-19(18)24-2)7-9-17-14-21(26-4)20(25-3)13-16(17)6-5-11-22/h8,10,12-14,22H,11H2,1-4H3. The van der Waals surface area contributed by atoms with E-state index in [4.69, 9.17) is 24.1 Å². The first-order chi connectivity index (χ1) is 12.7. The third kappa shape index (κ3) is 4.42. The molecule has 0 spiro atoms. The fraction of sp³-hybridized carbons (Fsp3) is 0.238. The van der Waals surface area contributed by atoms with Crippen LogP contribution in [0.5, 0.6) is 23.0 Å². The van der Waals surface area contributed by atoms with Crippen LogP contribution in [0.2, 0.25) is 0 Å². The Bertz CT molecular complexity index is 894. The van der Waals surface area contributed by atoms with Gasteiger partial charge in [-0.05, 0) is 18.2 Å². The Morgan fingerprint density at radius 3 is 1.77 bits per heavy atom. The number of aliphatic hydroxyl groups excluding tert-OH is 1. The Hall–Kier alpha value is -3.28. The summed E-state index contributed by atoms with van der Waals surface area (Å²) in [5.74, 6) is 14.0. The van der Waals surface area contributed by atoms with E-state index in [9.17, 15) is 0 Å². The molecule has 0 aliphatic carbocycles. The number of hydrogen-bond donors (Lipinski definition) is 1. The number of rotatable bonds is 4. The van der Waals surface area contributed by atoms with Gasteiger partial charge in [0.05, 0.1) is 28.4 Å². The second kappa shape index (κ2) is 9.27. The molecule has 5 nitrogen and oxygen atoms in total. The van der Waals surface area contributed by atoms with Crippen molar-refractivity contribution in [3.05, 3.63) is 47.0 Å². The molecule has 0 aliphatic rings. The molecule has 2 aromatic carbocycles. The van der Waals surface area contributed by atoms with Gasteiger partial charge in [0.15, 0.2) is 23.0 Å². The number of benzene rings is 2. The number of aliphatic hydroxyl groups is 1. The van der Waals surface area contributed by atoms with Crippen molar-refractivity contribution < 1.29 is 24.1 Å². The quantitative estimate of drug-likeness (QED) is 0.857. The van der Waals surface area contributed by atoms with Gasteiger partial charge in [0, 0.05) is 28.8 Å². The Kier molecular flexibility index (Phi) is 6.79. The third-order valence-corrected chi connectivity index (χ3v) is 3.55. The van der Waals surface area contributed by atoms with E-state index in [0.717, 1.165) is 5.56 Å². The van der Waals surface area contributed by atoms with Crippen LogP contribution in [0, 0.1) is 23.7 Å². The number of methoxy groups -OCH3 is 4. The van der Waals surface area contributed by atoms with Gasteiger partial charge in [-0.2, -0.15) is 0 Å². The summed E-state index contributed by atoms with van der Waals surface area (Å²) in [6, 6.07) is 8.93. The first-order valence-corrected chi connectivity index (χ1v) is 7.76. The van der Waals surface area contributed by atoms with Crippen LogP contribution in [0.25, 0.3) is 0 Å². The molecule has 0 saturated carbocycles. The lowest BCUT2D eigenvalue weighted by atomic mass is 10.1. The summed E-state index contributed by atoms with van der Waals surface area (Å²) in [4.78, 5) is 0. The molecule has 0 bridgehead atoms. The maximum Gasteiger partial charge on any atom is 0.162 e. The summed E-state index contributed by atoms with van der Waals surface area (Å²) in [7, 11) is 6.27. The molecule has 0 aromatic heterocycles. The second-order valence-electron chi connectivity index (χ2n) is 5.03. The van der Waals surface area contributed by atoms with Gasteiger partial charge in [0.1, 0.15) is 6.61 Å². The number of hydrogen-bond acceptors (Lipinski definition) is 5. The van der Waals surface area contributed by atoms with E-state index in [1.807, 2.05) is 6.07 Å². The minimum atomic E-state index is -0.239. The van der Waals surface area contributed by atoms with Crippen molar-refractivity contribution in [1.82, 2.24) is 0 Å². The van der Waals surface area contributed by atoms with E-state index in [0.29, 0.717) is 34.1 Å². The van der Waals surface area contributed by atoms with Crippen LogP contribution < -0.4 is 18.9 Å². The van der Waals surface area contributed by atoms with E-state index in [1.54, 1.807) is 52.7 Å². The molecule has 5 heteroatoms. The van der Waals surface area contributed by atoms with Crippen molar-refractivity contribution in [1.29, 1.82) is 0 Å². The van der Waals surface area contributed by atoms with Crippen molar-refractivity contribution in [2.45, 2.75) is 0 Å². The van der Waals surface area contributed by atoms with Crippen LogP contribution in [0.15, 0.2) is 30.3 Å². The molecule has 2 rings (SSSR count). The van der Waals surface area contributed by atoms with Crippen LogP contribution in [-0.2, 0) is 0 Å². The molecule has 0 atom stereocenters. The zero-order valence-corrected chi connectivity index (χ0v) is 15.2. The molecule has 0 fully saturated rings. The molecular weight excluding hydrogens is 332 g/mol. The van der Waals surface area contributed by atoms with Gasteiger partial charge >= 0.3 is 0 Å². The summed E-state index contributed by atoms with van der Waals surface area (Å²) >= 11 is 0. The molecule has 0 heterocycles. The monoisotopic (exact) mass is 352 g/mol. The van der Waals surface area contributed by atoms with Gasteiger partial charge in [-0.25, -0.2) is 0 Å². The summed E-state index contributed by atoms with van der Waals surface area (Å²) in [5.41, 5.74) is 2.07. The van der Waals surface area contributed by atoms with Crippen LogP contribution in [0.1, 0.15) is 16.7 Å². The lowest BCUT2D eigenvalue weighted by molar-refractivity contribution is 0.350. The van der Waals surface area contributed by atoms with E-state index >= 15 is 0 Å². The third-order valence-electron chi connectivity index (χ3n) is 3.55. The van der Waals surface area contributed by atoms with E-state index < -0.39 is 0 Å². The van der Waals surface area contributed by atoms with Crippen LogP contribution in [-0.4, -0.2) is 40.2 Å². The molecule has 1 N–H and O–H groups in total. The van der Waals surface area contributed by atoms with Crippen LogP contribution in [0.3, 0.4) is 0 Å². The Morgan fingerprint density at radius 1 is 0.692 bits per heavy atom. The number of ether oxygens (including phenoxy) is 4. The Labute approximate surface area is 153 Å². The molecule has 0 unspecified atom stereocenters. The minimum absolute atomic E-state index is 0.239. The van der Waals surface area contributed by atoms with Crippen molar-refractivity contribution in [2.75, 3.05) is 35.0 Å². The maximum atomic E-state index is 8.97. The van der Waals surface area contributed by atoms with Crippen molar-refractivity contribution in [3.8, 4) is 46.7 Å². The first-order valence-electron chi connectivity index (χ1n) is 7.76. The Balaban J connectivity index is 2.50. The molecule has 0 aliphatic heterocycles. The highest BCUT2D eigenvalue weighted by molar-refractivity contribution is 5.60. The summed E-state index contributed by atoms with van der Waals surface area (Å²) in [6.07, 6.45) is 0. The SMILES string of the molecule is COc1ccc(C#Cc2cc(OC)c(OC)cc2C#CCO)cc1OC. The second-order valence-corrected chi connectivity index (χ2v) is 5.03. The normalized spacial score (nSPS) is 9.27. The minimum Gasteiger partial charge on any atom is -0.493 e. The first kappa shape index (κ1) is 19.1. The van der Waals surface area contributed by atoms with Crippen molar-refractivity contribution in [2.24, 2.45) is 0 Å². The van der Waals surface area contributed by atoms with Gasteiger partial charge in [-0.3, -0.25) is 0 Å². The van der Waals surface area contributed by atoms with Gasteiger partial charge in [0.2, 0.25) is 0 Å². The molecular formula is C21H20O5. The average Bonchev–Trinajstić information content (AvgIpc) is 2.69. The van der Waals surface area contributed by atoms with Gasteiger partial charge in [-0.15, -0.1) is 0 Å². The predicted molar refractivity (Wildman–Crippen MR) is 99.0 cm³/mol. The molecule has 0 radical (unpaired) electrons.